The summed E-state index contributed by atoms with van der Waals surface area (Å²) in [6, 6.07) is 3.39. The molecule has 2 rings (SSSR count). The van der Waals surface area contributed by atoms with Crippen LogP contribution in [0, 0.1) is 5.41 Å². The van der Waals surface area contributed by atoms with Crippen molar-refractivity contribution >= 4 is 5.84 Å². The van der Waals surface area contributed by atoms with Crippen LogP contribution in [0.15, 0.2) is 30.7 Å². The smallest absolute Gasteiger partial charge is 0.186 e. The van der Waals surface area contributed by atoms with E-state index >= 15 is 0 Å². The third-order valence-corrected chi connectivity index (χ3v) is 1.71. The molecule has 0 fully saturated rings. The van der Waals surface area contributed by atoms with Crippen LogP contribution in [0.1, 0.15) is 5.56 Å². The lowest BCUT2D eigenvalue weighted by molar-refractivity contribution is 0.811. The molecule has 6 heteroatoms. The van der Waals surface area contributed by atoms with Gasteiger partial charge in [-0.15, -0.1) is 5.10 Å². The van der Waals surface area contributed by atoms with Gasteiger partial charge in [0.2, 0.25) is 0 Å². The minimum atomic E-state index is -0.0506. The largest absolute Gasteiger partial charge is 0.384 e. The maximum atomic E-state index is 7.35. The Hall–Kier alpha value is -2.24. The van der Waals surface area contributed by atoms with E-state index in [9.17, 15) is 0 Å². The van der Waals surface area contributed by atoms with Crippen molar-refractivity contribution < 1.29 is 0 Å². The van der Waals surface area contributed by atoms with Crippen LogP contribution in [0.2, 0.25) is 0 Å². The summed E-state index contributed by atoms with van der Waals surface area (Å²) in [6.07, 6.45) is 4.83. The van der Waals surface area contributed by atoms with E-state index in [2.05, 4.69) is 15.3 Å². The Kier molecular flexibility index (Phi) is 1.94. The van der Waals surface area contributed by atoms with Crippen LogP contribution in [0.5, 0.6) is 0 Å². The van der Waals surface area contributed by atoms with Crippen molar-refractivity contribution in [3.63, 3.8) is 0 Å². The summed E-state index contributed by atoms with van der Waals surface area (Å²) in [4.78, 5) is 0. The van der Waals surface area contributed by atoms with Crippen molar-refractivity contribution in [2.45, 2.75) is 0 Å². The molecule has 0 saturated heterocycles. The normalized spacial score (nSPS) is 10.0. The molecule has 0 aromatic carbocycles. The molecule has 3 N–H and O–H groups in total. The molecule has 2 aromatic heterocycles. The Morgan fingerprint density at radius 2 is 2.29 bits per heavy atom. The maximum Gasteiger partial charge on any atom is 0.186 e. The third-order valence-electron chi connectivity index (χ3n) is 1.71. The predicted octanol–water partition coefficient (Wildman–Crippen LogP) is -0.0536. The highest BCUT2D eigenvalue weighted by molar-refractivity contribution is 5.97. The lowest BCUT2D eigenvalue weighted by Crippen LogP contribution is -2.16. The number of nitrogens with one attached hydrogen (secondary N) is 1. The molecule has 0 bridgehead atoms. The molecular formula is C8H8N6. The van der Waals surface area contributed by atoms with Gasteiger partial charge >= 0.3 is 0 Å². The van der Waals surface area contributed by atoms with E-state index in [0.29, 0.717) is 11.4 Å². The van der Waals surface area contributed by atoms with Crippen molar-refractivity contribution in [3.05, 3.63) is 36.3 Å². The van der Waals surface area contributed by atoms with Gasteiger partial charge in [0.05, 0.1) is 11.8 Å². The zero-order chi connectivity index (χ0) is 9.97. The Balaban J connectivity index is 2.58. The van der Waals surface area contributed by atoms with E-state index in [0.717, 1.165) is 0 Å². The van der Waals surface area contributed by atoms with Gasteiger partial charge in [-0.25, -0.2) is 4.68 Å². The summed E-state index contributed by atoms with van der Waals surface area (Å²) in [6.45, 7) is 0. The van der Waals surface area contributed by atoms with Crippen molar-refractivity contribution in [1.82, 2.24) is 20.0 Å². The second-order valence-electron chi connectivity index (χ2n) is 2.63. The molecule has 0 saturated carbocycles. The SMILES string of the molecule is N=C(N)c1ccnnc1-n1cccn1. The van der Waals surface area contributed by atoms with Gasteiger partial charge < -0.3 is 5.73 Å². The summed E-state index contributed by atoms with van der Waals surface area (Å²) in [5.41, 5.74) is 5.91. The van der Waals surface area contributed by atoms with Gasteiger partial charge in [-0.1, -0.05) is 0 Å². The van der Waals surface area contributed by atoms with Crippen LogP contribution in [-0.2, 0) is 0 Å². The van der Waals surface area contributed by atoms with Crippen molar-refractivity contribution in [3.8, 4) is 5.82 Å². The van der Waals surface area contributed by atoms with Crippen LogP contribution >= 0.6 is 0 Å². The molecule has 0 unspecified atom stereocenters. The number of nitrogens with two attached hydrogens (primary N) is 1. The fourth-order valence-electron chi connectivity index (χ4n) is 1.10. The van der Waals surface area contributed by atoms with E-state index < -0.39 is 0 Å². The average Bonchev–Trinajstić information content (AvgIpc) is 2.70. The Morgan fingerprint density at radius 3 is 2.93 bits per heavy atom. The summed E-state index contributed by atoms with van der Waals surface area (Å²) < 4.78 is 1.52. The number of hydrogen-bond donors (Lipinski definition) is 2. The molecule has 0 atom stereocenters. The summed E-state index contributed by atoms with van der Waals surface area (Å²) >= 11 is 0. The average molecular weight is 188 g/mol. The van der Waals surface area contributed by atoms with E-state index in [-0.39, 0.29) is 5.84 Å². The second-order valence-corrected chi connectivity index (χ2v) is 2.63. The number of nitrogens with zero attached hydrogens (tertiary/aromatic N) is 4. The number of aromatic nitrogens is 4. The molecular weight excluding hydrogens is 180 g/mol. The van der Waals surface area contributed by atoms with Crippen LogP contribution in [0.4, 0.5) is 0 Å². The molecule has 0 aliphatic heterocycles. The van der Waals surface area contributed by atoms with Crippen LogP contribution < -0.4 is 5.73 Å². The molecule has 2 aromatic rings. The van der Waals surface area contributed by atoms with Gasteiger partial charge in [0.15, 0.2) is 5.82 Å². The van der Waals surface area contributed by atoms with Crippen molar-refractivity contribution in [1.29, 1.82) is 5.41 Å². The summed E-state index contributed by atoms with van der Waals surface area (Å²) in [5, 5.41) is 18.9. The molecule has 14 heavy (non-hydrogen) atoms. The van der Waals surface area contributed by atoms with Crippen molar-refractivity contribution in [2.75, 3.05) is 0 Å². The number of amidine groups is 1. The van der Waals surface area contributed by atoms with Gasteiger partial charge in [0, 0.05) is 12.4 Å². The van der Waals surface area contributed by atoms with E-state index in [4.69, 9.17) is 11.1 Å². The number of nitrogen functional groups attached to an aromatic ring is 1. The lowest BCUT2D eigenvalue weighted by Gasteiger charge is -2.04. The quantitative estimate of drug-likeness (QED) is 0.510. The molecule has 0 amide bonds. The van der Waals surface area contributed by atoms with Gasteiger partial charge in [0.1, 0.15) is 5.84 Å². The Bertz CT molecular complexity index is 447. The second kappa shape index (κ2) is 3.25. The first-order valence-electron chi connectivity index (χ1n) is 3.95. The van der Waals surface area contributed by atoms with Crippen LogP contribution in [-0.4, -0.2) is 25.8 Å². The summed E-state index contributed by atoms with van der Waals surface area (Å²) in [7, 11) is 0. The standard InChI is InChI=1S/C8H8N6/c9-7(10)6-2-4-11-13-8(6)14-5-1-3-12-14/h1-5H,(H3,9,10). The number of rotatable bonds is 2. The van der Waals surface area contributed by atoms with E-state index in [1.807, 2.05) is 0 Å². The molecule has 70 valence electrons. The molecule has 0 spiro atoms. The maximum absolute atomic E-state index is 7.35. The van der Waals surface area contributed by atoms with Gasteiger partial charge in [-0.3, -0.25) is 5.41 Å². The van der Waals surface area contributed by atoms with Gasteiger partial charge in [-0.2, -0.15) is 10.2 Å². The van der Waals surface area contributed by atoms with Crippen LogP contribution in [0.3, 0.4) is 0 Å². The minimum absolute atomic E-state index is 0.0506. The fourth-order valence-corrected chi connectivity index (χ4v) is 1.10. The van der Waals surface area contributed by atoms with Gasteiger partial charge in [0.25, 0.3) is 0 Å². The van der Waals surface area contributed by atoms with Crippen molar-refractivity contribution in [2.24, 2.45) is 5.73 Å². The molecule has 6 nitrogen and oxygen atoms in total. The molecule has 0 aliphatic carbocycles. The highest BCUT2D eigenvalue weighted by Gasteiger charge is 2.08. The Morgan fingerprint density at radius 1 is 1.43 bits per heavy atom. The Labute approximate surface area is 79.9 Å². The third kappa shape index (κ3) is 1.33. The van der Waals surface area contributed by atoms with Gasteiger partial charge in [-0.05, 0) is 12.1 Å². The van der Waals surface area contributed by atoms with Crippen LogP contribution in [0.25, 0.3) is 5.82 Å². The summed E-state index contributed by atoms with van der Waals surface area (Å²) in [5.74, 6) is 0.412. The lowest BCUT2D eigenvalue weighted by atomic mass is 10.2. The zero-order valence-corrected chi connectivity index (χ0v) is 7.25. The minimum Gasteiger partial charge on any atom is -0.384 e. The molecule has 2 heterocycles. The first-order valence-corrected chi connectivity index (χ1v) is 3.95. The number of hydrogen-bond acceptors (Lipinski definition) is 4. The highest BCUT2D eigenvalue weighted by Crippen LogP contribution is 2.07. The molecule has 0 aliphatic rings. The first kappa shape index (κ1) is 8.36. The topological polar surface area (TPSA) is 93.5 Å². The predicted molar refractivity (Wildman–Crippen MR) is 50.2 cm³/mol. The highest BCUT2D eigenvalue weighted by atomic mass is 15.3. The van der Waals surface area contributed by atoms with E-state index in [1.54, 1.807) is 24.5 Å². The monoisotopic (exact) mass is 188 g/mol. The molecule has 0 radical (unpaired) electrons. The first-order chi connectivity index (χ1) is 6.79. The fraction of sp³-hybridized carbons (Fsp3) is 0. The van der Waals surface area contributed by atoms with E-state index in [1.165, 1.54) is 10.9 Å². The zero-order valence-electron chi connectivity index (χ0n) is 7.25.